The SMILES string of the molecule is CCN(CC)CC(=O)CC(=O)O. The van der Waals surface area contributed by atoms with Gasteiger partial charge in [-0.05, 0) is 13.1 Å². The van der Waals surface area contributed by atoms with E-state index in [-0.39, 0.29) is 18.7 Å². The first-order chi connectivity index (χ1) is 5.60. The molecule has 0 aromatic rings. The second-order valence-corrected chi connectivity index (χ2v) is 2.57. The zero-order valence-electron chi connectivity index (χ0n) is 7.54. The lowest BCUT2D eigenvalue weighted by Gasteiger charge is -2.15. The summed E-state index contributed by atoms with van der Waals surface area (Å²) in [5, 5.41) is 8.30. The lowest BCUT2D eigenvalue weighted by molar-refractivity contribution is -0.140. The van der Waals surface area contributed by atoms with E-state index in [1.165, 1.54) is 0 Å². The van der Waals surface area contributed by atoms with E-state index in [4.69, 9.17) is 5.11 Å². The zero-order valence-corrected chi connectivity index (χ0v) is 7.54. The summed E-state index contributed by atoms with van der Waals surface area (Å²) >= 11 is 0. The highest BCUT2D eigenvalue weighted by molar-refractivity contribution is 5.95. The highest BCUT2D eigenvalue weighted by atomic mass is 16.4. The Morgan fingerprint density at radius 2 is 1.75 bits per heavy atom. The first kappa shape index (κ1) is 11.1. The Bertz CT molecular complexity index is 164. The first-order valence-corrected chi connectivity index (χ1v) is 4.06. The summed E-state index contributed by atoms with van der Waals surface area (Å²) in [4.78, 5) is 23.0. The van der Waals surface area contributed by atoms with Crippen molar-refractivity contribution in [1.82, 2.24) is 4.90 Å². The third-order valence-electron chi connectivity index (χ3n) is 1.64. The molecule has 0 atom stereocenters. The van der Waals surface area contributed by atoms with Gasteiger partial charge < -0.3 is 5.11 Å². The number of rotatable bonds is 6. The number of nitrogens with zero attached hydrogens (tertiary/aromatic N) is 1. The van der Waals surface area contributed by atoms with Crippen LogP contribution in [0, 0.1) is 0 Å². The Morgan fingerprint density at radius 1 is 1.25 bits per heavy atom. The second-order valence-electron chi connectivity index (χ2n) is 2.57. The number of aliphatic carboxylic acids is 1. The highest BCUT2D eigenvalue weighted by Crippen LogP contribution is 1.90. The Balaban J connectivity index is 3.74. The van der Waals surface area contributed by atoms with E-state index in [2.05, 4.69) is 0 Å². The van der Waals surface area contributed by atoms with Crippen LogP contribution >= 0.6 is 0 Å². The first-order valence-electron chi connectivity index (χ1n) is 4.06. The molecule has 0 aliphatic heterocycles. The van der Waals surface area contributed by atoms with Gasteiger partial charge >= 0.3 is 5.97 Å². The molecule has 0 unspecified atom stereocenters. The van der Waals surface area contributed by atoms with E-state index in [0.717, 1.165) is 13.1 Å². The highest BCUT2D eigenvalue weighted by Gasteiger charge is 2.10. The molecule has 70 valence electrons. The van der Waals surface area contributed by atoms with Crippen LogP contribution in [0.4, 0.5) is 0 Å². The number of hydrogen-bond donors (Lipinski definition) is 1. The number of ketones is 1. The Labute approximate surface area is 72.2 Å². The molecule has 0 saturated carbocycles. The molecular weight excluding hydrogens is 158 g/mol. The number of Topliss-reactive ketones (excluding diaryl/α,β-unsaturated/α-hetero) is 1. The van der Waals surface area contributed by atoms with Crippen LogP contribution in [0.3, 0.4) is 0 Å². The molecule has 4 nitrogen and oxygen atoms in total. The lowest BCUT2D eigenvalue weighted by atomic mass is 10.2. The third kappa shape index (κ3) is 4.85. The zero-order chi connectivity index (χ0) is 9.56. The minimum atomic E-state index is -1.05. The van der Waals surface area contributed by atoms with E-state index in [0.29, 0.717) is 0 Å². The maximum atomic E-state index is 11.0. The third-order valence-corrected chi connectivity index (χ3v) is 1.64. The van der Waals surface area contributed by atoms with Gasteiger partial charge in [0.15, 0.2) is 5.78 Å². The van der Waals surface area contributed by atoms with E-state index in [1.54, 1.807) is 0 Å². The molecule has 0 rings (SSSR count). The van der Waals surface area contributed by atoms with E-state index < -0.39 is 5.97 Å². The van der Waals surface area contributed by atoms with Crippen molar-refractivity contribution >= 4 is 11.8 Å². The van der Waals surface area contributed by atoms with Gasteiger partial charge in [-0.3, -0.25) is 14.5 Å². The predicted octanol–water partition coefficient (Wildman–Crippen LogP) is 0.372. The topological polar surface area (TPSA) is 57.6 Å². The van der Waals surface area contributed by atoms with Gasteiger partial charge in [0.25, 0.3) is 0 Å². The van der Waals surface area contributed by atoms with Crippen LogP contribution < -0.4 is 0 Å². The molecule has 0 heterocycles. The molecule has 0 aromatic heterocycles. The number of carboxylic acids is 1. The molecule has 0 radical (unpaired) electrons. The van der Waals surface area contributed by atoms with Crippen LogP contribution in [0.5, 0.6) is 0 Å². The molecular formula is C8H15NO3. The minimum absolute atomic E-state index is 0.230. The summed E-state index contributed by atoms with van der Waals surface area (Å²) < 4.78 is 0. The molecule has 12 heavy (non-hydrogen) atoms. The van der Waals surface area contributed by atoms with Crippen LogP contribution in [0.25, 0.3) is 0 Å². The summed E-state index contributed by atoms with van der Waals surface area (Å²) in [6, 6.07) is 0. The Morgan fingerprint density at radius 3 is 2.08 bits per heavy atom. The molecule has 0 aliphatic rings. The minimum Gasteiger partial charge on any atom is -0.481 e. The van der Waals surface area contributed by atoms with Crippen molar-refractivity contribution in [2.45, 2.75) is 20.3 Å². The van der Waals surface area contributed by atoms with E-state index in [1.807, 2.05) is 18.7 Å². The summed E-state index contributed by atoms with van der Waals surface area (Å²) in [5.74, 6) is -1.28. The van der Waals surface area contributed by atoms with Crippen molar-refractivity contribution in [1.29, 1.82) is 0 Å². The Hall–Kier alpha value is -0.900. The van der Waals surface area contributed by atoms with Crippen molar-refractivity contribution in [2.24, 2.45) is 0 Å². The van der Waals surface area contributed by atoms with Crippen LogP contribution in [0.1, 0.15) is 20.3 Å². The number of likely N-dealkylation sites (N-methyl/N-ethyl adjacent to an activating group) is 1. The van der Waals surface area contributed by atoms with Crippen molar-refractivity contribution in [3.8, 4) is 0 Å². The standard InChI is InChI=1S/C8H15NO3/c1-3-9(4-2)6-7(10)5-8(11)12/h3-6H2,1-2H3,(H,11,12). The summed E-state index contributed by atoms with van der Waals surface area (Å²) in [6.45, 7) is 5.69. The quantitative estimate of drug-likeness (QED) is 0.590. The van der Waals surface area contributed by atoms with E-state index in [9.17, 15) is 9.59 Å². The fourth-order valence-corrected chi connectivity index (χ4v) is 0.921. The van der Waals surface area contributed by atoms with Crippen LogP contribution in [0.15, 0.2) is 0 Å². The number of hydrogen-bond acceptors (Lipinski definition) is 3. The van der Waals surface area contributed by atoms with Crippen molar-refractivity contribution in [2.75, 3.05) is 19.6 Å². The molecule has 0 spiro atoms. The molecule has 4 heteroatoms. The summed E-state index contributed by atoms with van der Waals surface area (Å²) in [7, 11) is 0. The maximum Gasteiger partial charge on any atom is 0.310 e. The molecule has 0 amide bonds. The predicted molar refractivity (Wildman–Crippen MR) is 45.0 cm³/mol. The van der Waals surface area contributed by atoms with E-state index >= 15 is 0 Å². The van der Waals surface area contributed by atoms with Crippen molar-refractivity contribution in [3.63, 3.8) is 0 Å². The largest absolute Gasteiger partial charge is 0.481 e. The van der Waals surface area contributed by atoms with Crippen LogP contribution in [-0.4, -0.2) is 41.4 Å². The average molecular weight is 173 g/mol. The van der Waals surface area contributed by atoms with Gasteiger partial charge in [-0.15, -0.1) is 0 Å². The monoisotopic (exact) mass is 173 g/mol. The fraction of sp³-hybridized carbons (Fsp3) is 0.750. The van der Waals surface area contributed by atoms with Crippen molar-refractivity contribution in [3.05, 3.63) is 0 Å². The molecule has 0 fully saturated rings. The molecule has 0 aromatic carbocycles. The van der Waals surface area contributed by atoms with Gasteiger partial charge in [0.1, 0.15) is 6.42 Å². The number of carbonyl (C=O) groups excluding carboxylic acids is 1. The average Bonchev–Trinajstić information content (AvgIpc) is 1.98. The van der Waals surface area contributed by atoms with Crippen LogP contribution in [0.2, 0.25) is 0 Å². The smallest absolute Gasteiger partial charge is 0.310 e. The van der Waals surface area contributed by atoms with Gasteiger partial charge in [-0.1, -0.05) is 13.8 Å². The second kappa shape index (κ2) is 5.71. The lowest BCUT2D eigenvalue weighted by Crippen LogP contribution is -2.30. The van der Waals surface area contributed by atoms with Crippen molar-refractivity contribution < 1.29 is 14.7 Å². The summed E-state index contributed by atoms with van der Waals surface area (Å²) in [5.41, 5.74) is 0. The molecule has 0 saturated heterocycles. The fourth-order valence-electron chi connectivity index (χ4n) is 0.921. The van der Waals surface area contributed by atoms with Gasteiger partial charge in [0.2, 0.25) is 0 Å². The van der Waals surface area contributed by atoms with Gasteiger partial charge in [-0.25, -0.2) is 0 Å². The normalized spacial score (nSPS) is 10.2. The van der Waals surface area contributed by atoms with Gasteiger partial charge in [0.05, 0.1) is 6.54 Å². The molecule has 0 aliphatic carbocycles. The van der Waals surface area contributed by atoms with Crippen LogP contribution in [-0.2, 0) is 9.59 Å². The molecule has 1 N–H and O–H groups in total. The van der Waals surface area contributed by atoms with Gasteiger partial charge in [0, 0.05) is 0 Å². The Kier molecular flexibility index (Phi) is 5.28. The summed E-state index contributed by atoms with van der Waals surface area (Å²) in [6.07, 6.45) is -0.365. The number of carbonyl (C=O) groups is 2. The maximum absolute atomic E-state index is 11.0. The molecule has 0 bridgehead atoms. The van der Waals surface area contributed by atoms with Gasteiger partial charge in [-0.2, -0.15) is 0 Å². The number of carboxylic acid groups (broad SMARTS) is 1.